The summed E-state index contributed by atoms with van der Waals surface area (Å²) >= 11 is 0. The van der Waals surface area contributed by atoms with Crippen LogP contribution in [0.15, 0.2) is 9.42 Å². The van der Waals surface area contributed by atoms with Crippen molar-refractivity contribution in [2.24, 2.45) is 11.8 Å². The van der Waals surface area contributed by atoms with E-state index in [1.165, 1.54) is 12.8 Å². The van der Waals surface area contributed by atoms with E-state index in [1.54, 1.807) is 13.8 Å². The van der Waals surface area contributed by atoms with E-state index >= 15 is 0 Å². The van der Waals surface area contributed by atoms with Crippen molar-refractivity contribution in [1.29, 1.82) is 0 Å². The molecule has 2 fully saturated rings. The third-order valence-electron chi connectivity index (χ3n) is 4.28. The van der Waals surface area contributed by atoms with Gasteiger partial charge in [-0.1, -0.05) is 11.6 Å². The summed E-state index contributed by atoms with van der Waals surface area (Å²) in [5, 5.41) is 3.71. The molecule has 2 bridgehead atoms. The van der Waals surface area contributed by atoms with Gasteiger partial charge in [0.1, 0.15) is 10.6 Å². The zero-order valence-electron chi connectivity index (χ0n) is 10.6. The second-order valence-electron chi connectivity index (χ2n) is 5.56. The first-order valence-corrected chi connectivity index (χ1v) is 7.91. The number of sulfonamides is 1. The number of hydrogen-bond acceptors (Lipinski definition) is 4. The maximum Gasteiger partial charge on any atom is 0.246 e. The largest absolute Gasteiger partial charge is 0.360 e. The van der Waals surface area contributed by atoms with E-state index in [-0.39, 0.29) is 10.9 Å². The Morgan fingerprint density at radius 3 is 2.56 bits per heavy atom. The van der Waals surface area contributed by atoms with Gasteiger partial charge < -0.3 is 4.52 Å². The number of nitrogens with zero attached hydrogens (tertiary/aromatic N) is 1. The quantitative estimate of drug-likeness (QED) is 0.908. The van der Waals surface area contributed by atoms with Gasteiger partial charge in [-0.3, -0.25) is 0 Å². The lowest BCUT2D eigenvalue weighted by molar-refractivity contribution is 0.386. The fourth-order valence-electron chi connectivity index (χ4n) is 3.51. The van der Waals surface area contributed by atoms with E-state index in [2.05, 4.69) is 9.88 Å². The molecule has 1 aromatic rings. The Morgan fingerprint density at radius 2 is 2.06 bits per heavy atom. The average molecular weight is 270 g/mol. The van der Waals surface area contributed by atoms with Crippen LogP contribution < -0.4 is 4.72 Å². The van der Waals surface area contributed by atoms with Crippen LogP contribution in [0.25, 0.3) is 0 Å². The molecule has 0 amide bonds. The SMILES string of the molecule is Cc1noc(C)c1S(=O)(=O)NC1CC2CCC1C2. The molecule has 18 heavy (non-hydrogen) atoms. The second kappa shape index (κ2) is 4.06. The van der Waals surface area contributed by atoms with Crippen LogP contribution in [0.2, 0.25) is 0 Å². The van der Waals surface area contributed by atoms with E-state index in [4.69, 9.17) is 4.52 Å². The van der Waals surface area contributed by atoms with Gasteiger partial charge in [0.05, 0.1) is 0 Å². The maximum absolute atomic E-state index is 12.4. The van der Waals surface area contributed by atoms with Crippen molar-refractivity contribution in [3.05, 3.63) is 11.5 Å². The highest BCUT2D eigenvalue weighted by molar-refractivity contribution is 7.89. The number of aryl methyl sites for hydroxylation is 2. The minimum atomic E-state index is -3.49. The number of aromatic nitrogens is 1. The Kier molecular flexibility index (Phi) is 2.75. The van der Waals surface area contributed by atoms with Gasteiger partial charge in [-0.15, -0.1) is 0 Å². The molecule has 1 N–H and O–H groups in total. The zero-order valence-corrected chi connectivity index (χ0v) is 11.5. The van der Waals surface area contributed by atoms with Gasteiger partial charge in [0.25, 0.3) is 0 Å². The molecule has 0 saturated heterocycles. The summed E-state index contributed by atoms with van der Waals surface area (Å²) < 4.78 is 32.5. The molecule has 3 atom stereocenters. The molecule has 5 nitrogen and oxygen atoms in total. The van der Waals surface area contributed by atoms with E-state index in [9.17, 15) is 8.42 Å². The van der Waals surface area contributed by atoms with Crippen LogP contribution in [-0.4, -0.2) is 19.6 Å². The van der Waals surface area contributed by atoms with Crippen molar-refractivity contribution in [3.8, 4) is 0 Å². The summed E-state index contributed by atoms with van der Waals surface area (Å²) in [5.41, 5.74) is 0.433. The second-order valence-corrected chi connectivity index (χ2v) is 7.21. The van der Waals surface area contributed by atoms with Crippen LogP contribution >= 0.6 is 0 Å². The first-order valence-electron chi connectivity index (χ1n) is 6.42. The van der Waals surface area contributed by atoms with Crippen molar-refractivity contribution in [2.45, 2.75) is 50.5 Å². The van der Waals surface area contributed by atoms with Gasteiger partial charge in [-0.05, 0) is 44.9 Å². The van der Waals surface area contributed by atoms with Gasteiger partial charge in [0, 0.05) is 6.04 Å². The molecule has 0 spiro atoms. The highest BCUT2D eigenvalue weighted by atomic mass is 32.2. The Bertz CT molecular complexity index is 544. The molecular weight excluding hydrogens is 252 g/mol. The molecule has 0 radical (unpaired) electrons. The van der Waals surface area contributed by atoms with E-state index in [0.29, 0.717) is 23.3 Å². The first kappa shape index (κ1) is 12.2. The molecule has 6 heteroatoms. The summed E-state index contributed by atoms with van der Waals surface area (Å²) in [6.45, 7) is 3.29. The normalized spacial score (nSPS) is 31.1. The molecule has 2 aliphatic rings. The molecule has 0 aliphatic heterocycles. The Balaban J connectivity index is 1.84. The third-order valence-corrected chi connectivity index (χ3v) is 6.01. The average Bonchev–Trinajstić information content (AvgIpc) is 2.93. The van der Waals surface area contributed by atoms with Crippen molar-refractivity contribution < 1.29 is 12.9 Å². The predicted octanol–water partition coefficient (Wildman–Crippen LogP) is 1.76. The summed E-state index contributed by atoms with van der Waals surface area (Å²) in [7, 11) is -3.49. The molecule has 0 aromatic carbocycles. The fourth-order valence-corrected chi connectivity index (χ4v) is 5.15. The minimum Gasteiger partial charge on any atom is -0.360 e. The molecule has 1 aromatic heterocycles. The van der Waals surface area contributed by atoms with E-state index in [1.807, 2.05) is 0 Å². The van der Waals surface area contributed by atoms with E-state index in [0.717, 1.165) is 12.8 Å². The zero-order chi connectivity index (χ0) is 12.9. The van der Waals surface area contributed by atoms with Crippen molar-refractivity contribution in [2.75, 3.05) is 0 Å². The molecule has 1 heterocycles. The molecule has 2 aliphatic carbocycles. The molecule has 100 valence electrons. The van der Waals surface area contributed by atoms with Crippen LogP contribution in [0.4, 0.5) is 0 Å². The lowest BCUT2D eigenvalue weighted by Gasteiger charge is -2.22. The standard InChI is InChI=1S/C12H18N2O3S/c1-7-12(8(2)17-13-7)18(15,16)14-11-6-9-3-4-10(11)5-9/h9-11,14H,3-6H2,1-2H3. The highest BCUT2D eigenvalue weighted by Gasteiger charge is 2.42. The Labute approximate surface area is 107 Å². The number of nitrogens with one attached hydrogen (secondary N) is 1. The van der Waals surface area contributed by atoms with E-state index < -0.39 is 10.0 Å². The molecule has 3 rings (SSSR count). The van der Waals surface area contributed by atoms with Crippen LogP contribution in [0, 0.1) is 25.7 Å². The topological polar surface area (TPSA) is 72.2 Å². The van der Waals surface area contributed by atoms with Gasteiger partial charge in [0.15, 0.2) is 5.76 Å². The summed E-state index contributed by atoms with van der Waals surface area (Å²) in [5.74, 6) is 1.60. The number of hydrogen-bond donors (Lipinski definition) is 1. The fraction of sp³-hybridized carbons (Fsp3) is 0.750. The van der Waals surface area contributed by atoms with Crippen LogP contribution in [0.5, 0.6) is 0 Å². The summed E-state index contributed by atoms with van der Waals surface area (Å²) in [4.78, 5) is 0.213. The summed E-state index contributed by atoms with van der Waals surface area (Å²) in [6, 6.07) is 0.0995. The van der Waals surface area contributed by atoms with Crippen molar-refractivity contribution in [3.63, 3.8) is 0 Å². The van der Waals surface area contributed by atoms with Crippen molar-refractivity contribution in [1.82, 2.24) is 9.88 Å². The molecule has 2 saturated carbocycles. The Morgan fingerprint density at radius 1 is 1.28 bits per heavy atom. The number of fused-ring (bicyclic) bond motifs is 2. The highest BCUT2D eigenvalue weighted by Crippen LogP contribution is 2.44. The van der Waals surface area contributed by atoms with Gasteiger partial charge in [-0.2, -0.15) is 0 Å². The minimum absolute atomic E-state index is 0.0995. The predicted molar refractivity (Wildman–Crippen MR) is 65.5 cm³/mol. The lowest BCUT2D eigenvalue weighted by atomic mass is 9.96. The maximum atomic E-state index is 12.4. The monoisotopic (exact) mass is 270 g/mol. The third kappa shape index (κ3) is 1.87. The molecule has 3 unspecified atom stereocenters. The Hall–Kier alpha value is -0.880. The number of rotatable bonds is 3. The van der Waals surface area contributed by atoms with Gasteiger partial charge in [-0.25, -0.2) is 13.1 Å². The van der Waals surface area contributed by atoms with Crippen molar-refractivity contribution >= 4 is 10.0 Å². The lowest BCUT2D eigenvalue weighted by Crippen LogP contribution is -2.38. The smallest absolute Gasteiger partial charge is 0.246 e. The van der Waals surface area contributed by atoms with Gasteiger partial charge >= 0.3 is 0 Å². The first-order chi connectivity index (χ1) is 8.47. The van der Waals surface area contributed by atoms with Crippen LogP contribution in [0.3, 0.4) is 0 Å². The van der Waals surface area contributed by atoms with Crippen LogP contribution in [-0.2, 0) is 10.0 Å². The van der Waals surface area contributed by atoms with Gasteiger partial charge in [0.2, 0.25) is 10.0 Å². The van der Waals surface area contributed by atoms with Crippen LogP contribution in [0.1, 0.15) is 37.1 Å². The molecular formula is C12H18N2O3S. The summed E-state index contributed by atoms with van der Waals surface area (Å²) in [6.07, 6.45) is 4.57.